The summed E-state index contributed by atoms with van der Waals surface area (Å²) < 4.78 is 2.82. The van der Waals surface area contributed by atoms with Gasteiger partial charge in [-0.2, -0.15) is 0 Å². The second kappa shape index (κ2) is 2.56. The van der Waals surface area contributed by atoms with Gasteiger partial charge in [0.1, 0.15) is 0 Å². The standard InChI is InChI=1S/C11H8S2/c1-7-8-2-4-12-10(8)6-11-9(7)3-5-13-11/h2-6H,1H3. The van der Waals surface area contributed by atoms with Crippen molar-refractivity contribution >= 4 is 42.8 Å². The van der Waals surface area contributed by atoms with Gasteiger partial charge in [-0.15, -0.1) is 22.7 Å². The molecule has 2 heteroatoms. The molecule has 0 fully saturated rings. The predicted molar refractivity (Wildman–Crippen MR) is 61.9 cm³/mol. The van der Waals surface area contributed by atoms with Crippen LogP contribution < -0.4 is 0 Å². The minimum absolute atomic E-state index is 1.41. The second-order valence-corrected chi connectivity index (χ2v) is 5.06. The van der Waals surface area contributed by atoms with E-state index in [-0.39, 0.29) is 0 Å². The van der Waals surface area contributed by atoms with Crippen molar-refractivity contribution in [1.82, 2.24) is 0 Å². The van der Waals surface area contributed by atoms with E-state index in [1.54, 1.807) is 0 Å². The third-order valence-corrected chi connectivity index (χ3v) is 4.19. The molecule has 2 aromatic heterocycles. The molecule has 0 spiro atoms. The van der Waals surface area contributed by atoms with Crippen LogP contribution in [0.1, 0.15) is 5.56 Å². The number of hydrogen-bond acceptors (Lipinski definition) is 2. The van der Waals surface area contributed by atoms with Crippen LogP contribution in [0.25, 0.3) is 20.2 Å². The Hall–Kier alpha value is -0.860. The summed E-state index contributed by atoms with van der Waals surface area (Å²) in [6, 6.07) is 6.73. The van der Waals surface area contributed by atoms with Gasteiger partial charge in [-0.1, -0.05) is 0 Å². The summed E-state index contributed by atoms with van der Waals surface area (Å²) in [5.41, 5.74) is 1.43. The van der Waals surface area contributed by atoms with E-state index in [4.69, 9.17) is 0 Å². The predicted octanol–water partition coefficient (Wildman–Crippen LogP) is 4.42. The number of aryl methyl sites for hydroxylation is 1. The van der Waals surface area contributed by atoms with Gasteiger partial charge < -0.3 is 0 Å². The fraction of sp³-hybridized carbons (Fsp3) is 0.0909. The molecule has 0 aliphatic heterocycles. The van der Waals surface area contributed by atoms with E-state index < -0.39 is 0 Å². The van der Waals surface area contributed by atoms with E-state index in [1.807, 2.05) is 22.7 Å². The maximum Gasteiger partial charge on any atom is 0.0359 e. The van der Waals surface area contributed by atoms with Gasteiger partial charge in [0.2, 0.25) is 0 Å². The molecule has 3 rings (SSSR count). The highest BCUT2D eigenvalue weighted by molar-refractivity contribution is 7.19. The van der Waals surface area contributed by atoms with Gasteiger partial charge in [0.15, 0.2) is 0 Å². The van der Waals surface area contributed by atoms with Crippen molar-refractivity contribution in [2.24, 2.45) is 0 Å². The monoisotopic (exact) mass is 204 g/mol. The Bertz CT molecular complexity index is 523. The first kappa shape index (κ1) is 7.54. The largest absolute Gasteiger partial charge is 0.144 e. The lowest BCUT2D eigenvalue weighted by molar-refractivity contribution is 1.62. The smallest absolute Gasteiger partial charge is 0.0359 e. The molecule has 2 heterocycles. The maximum absolute atomic E-state index is 2.30. The number of benzene rings is 1. The molecule has 64 valence electrons. The first-order chi connectivity index (χ1) is 6.36. The van der Waals surface area contributed by atoms with Crippen LogP contribution in [0, 0.1) is 6.92 Å². The van der Waals surface area contributed by atoms with E-state index >= 15 is 0 Å². The van der Waals surface area contributed by atoms with E-state index in [9.17, 15) is 0 Å². The summed E-state index contributed by atoms with van der Waals surface area (Å²) in [4.78, 5) is 0. The molecule has 0 saturated carbocycles. The summed E-state index contributed by atoms with van der Waals surface area (Å²) >= 11 is 3.65. The fourth-order valence-corrected chi connectivity index (χ4v) is 3.59. The lowest BCUT2D eigenvalue weighted by atomic mass is 10.1. The number of fused-ring (bicyclic) bond motifs is 2. The van der Waals surface area contributed by atoms with Gasteiger partial charge >= 0.3 is 0 Å². The summed E-state index contributed by atoms with van der Waals surface area (Å²) in [7, 11) is 0. The van der Waals surface area contributed by atoms with Crippen LogP contribution in [0.3, 0.4) is 0 Å². The van der Waals surface area contributed by atoms with Gasteiger partial charge in [0, 0.05) is 9.40 Å². The number of rotatable bonds is 0. The highest BCUT2D eigenvalue weighted by Crippen LogP contribution is 2.33. The Morgan fingerprint density at radius 1 is 0.923 bits per heavy atom. The third kappa shape index (κ3) is 0.960. The topological polar surface area (TPSA) is 0 Å². The first-order valence-corrected chi connectivity index (χ1v) is 5.96. The van der Waals surface area contributed by atoms with Crippen molar-refractivity contribution in [2.75, 3.05) is 0 Å². The lowest BCUT2D eigenvalue weighted by Gasteiger charge is -1.97. The lowest BCUT2D eigenvalue weighted by Crippen LogP contribution is -1.73. The van der Waals surface area contributed by atoms with Crippen LogP contribution in [0.5, 0.6) is 0 Å². The molecule has 13 heavy (non-hydrogen) atoms. The van der Waals surface area contributed by atoms with Crippen molar-refractivity contribution in [1.29, 1.82) is 0 Å². The molecule has 0 amide bonds. The molecule has 0 nitrogen and oxygen atoms in total. The molecule has 3 aromatic rings. The average molecular weight is 204 g/mol. The quantitative estimate of drug-likeness (QED) is 0.508. The molecule has 1 aromatic carbocycles. The van der Waals surface area contributed by atoms with Gasteiger partial charge in [-0.05, 0) is 52.2 Å². The Morgan fingerprint density at radius 2 is 1.46 bits per heavy atom. The highest BCUT2D eigenvalue weighted by atomic mass is 32.1. The molecule has 0 aliphatic rings. The van der Waals surface area contributed by atoms with E-state index in [2.05, 4.69) is 35.9 Å². The van der Waals surface area contributed by atoms with Crippen molar-refractivity contribution in [2.45, 2.75) is 6.92 Å². The van der Waals surface area contributed by atoms with Gasteiger partial charge in [0.25, 0.3) is 0 Å². The number of thiophene rings is 2. The Kier molecular flexibility index (Phi) is 1.49. The van der Waals surface area contributed by atoms with Crippen LogP contribution >= 0.6 is 22.7 Å². The minimum Gasteiger partial charge on any atom is -0.144 e. The van der Waals surface area contributed by atoms with Crippen molar-refractivity contribution in [3.63, 3.8) is 0 Å². The molecule has 0 N–H and O–H groups in total. The fourth-order valence-electron chi connectivity index (χ4n) is 1.75. The van der Waals surface area contributed by atoms with E-state index in [0.29, 0.717) is 0 Å². The SMILES string of the molecule is Cc1c2ccsc2cc2sccc12. The molecule has 0 unspecified atom stereocenters. The first-order valence-electron chi connectivity index (χ1n) is 4.20. The van der Waals surface area contributed by atoms with Crippen LogP contribution in [0.15, 0.2) is 29.0 Å². The van der Waals surface area contributed by atoms with Gasteiger partial charge in [-0.25, -0.2) is 0 Å². The van der Waals surface area contributed by atoms with Crippen LogP contribution in [0.4, 0.5) is 0 Å². The normalized spacial score (nSPS) is 11.5. The summed E-state index contributed by atoms with van der Waals surface area (Å²) in [6.07, 6.45) is 0. The Labute approximate surface area is 84.4 Å². The van der Waals surface area contributed by atoms with Gasteiger partial charge in [-0.3, -0.25) is 0 Å². The van der Waals surface area contributed by atoms with Crippen LogP contribution in [-0.2, 0) is 0 Å². The zero-order chi connectivity index (χ0) is 8.84. The van der Waals surface area contributed by atoms with Crippen molar-refractivity contribution in [3.8, 4) is 0 Å². The van der Waals surface area contributed by atoms with Crippen molar-refractivity contribution < 1.29 is 0 Å². The third-order valence-electron chi connectivity index (χ3n) is 2.46. The highest BCUT2D eigenvalue weighted by Gasteiger charge is 2.04. The Morgan fingerprint density at radius 3 is 2.00 bits per heavy atom. The molecular formula is C11H8S2. The van der Waals surface area contributed by atoms with Crippen LogP contribution in [0.2, 0.25) is 0 Å². The summed E-state index contributed by atoms with van der Waals surface area (Å²) in [6.45, 7) is 2.21. The molecule has 0 atom stereocenters. The summed E-state index contributed by atoms with van der Waals surface area (Å²) in [5, 5.41) is 7.16. The van der Waals surface area contributed by atoms with E-state index in [0.717, 1.165) is 0 Å². The average Bonchev–Trinajstić information content (AvgIpc) is 2.71. The van der Waals surface area contributed by atoms with Crippen molar-refractivity contribution in [3.05, 3.63) is 34.5 Å². The van der Waals surface area contributed by atoms with Crippen LogP contribution in [-0.4, -0.2) is 0 Å². The zero-order valence-corrected chi connectivity index (χ0v) is 8.84. The Balaban J connectivity index is 2.67. The zero-order valence-electron chi connectivity index (χ0n) is 7.20. The van der Waals surface area contributed by atoms with Gasteiger partial charge in [0.05, 0.1) is 0 Å². The maximum atomic E-state index is 2.30. The molecule has 0 aliphatic carbocycles. The van der Waals surface area contributed by atoms with E-state index in [1.165, 1.54) is 25.7 Å². The second-order valence-electron chi connectivity index (χ2n) is 3.17. The molecule has 0 saturated heterocycles. The number of hydrogen-bond donors (Lipinski definition) is 0. The molecule has 0 bridgehead atoms. The minimum atomic E-state index is 1.41. The molecule has 0 radical (unpaired) electrons. The summed E-state index contributed by atoms with van der Waals surface area (Å²) in [5.74, 6) is 0. The molecular weight excluding hydrogens is 196 g/mol.